The number of para-hydroxylation sites is 1. The first-order chi connectivity index (χ1) is 30.7. The third-order valence-electron chi connectivity index (χ3n) is 11.9. The van der Waals surface area contributed by atoms with Crippen LogP contribution in [-0.4, -0.2) is 19.5 Å². The highest BCUT2D eigenvalue weighted by molar-refractivity contribution is 7.26. The highest BCUT2D eigenvalue weighted by atomic mass is 32.1. The van der Waals surface area contributed by atoms with Gasteiger partial charge in [-0.1, -0.05) is 188 Å². The molecule has 0 spiro atoms. The zero-order chi connectivity index (χ0) is 41.0. The maximum atomic E-state index is 5.31. The maximum absolute atomic E-state index is 5.31. The molecule has 0 amide bonds. The average molecular weight is 809 g/mol. The number of hydrogen-bond donors (Lipinski definition) is 0. The van der Waals surface area contributed by atoms with Gasteiger partial charge >= 0.3 is 0 Å². The molecule has 62 heavy (non-hydrogen) atoms. The Balaban J connectivity index is 0.981. The highest BCUT2D eigenvalue weighted by Crippen LogP contribution is 2.43. The SMILES string of the molecule is c1ccc(-c2ccc(-c3ccc4sc5c(-c6cccc(-c7nc(-c8ccccc8)nc(-n8c9ccccc9c9c(-c%10ccccc%10)cccc98)n7)c6)cccc5c4c3)cc2)cc1. The molecule has 0 bridgehead atoms. The number of rotatable bonds is 7. The maximum Gasteiger partial charge on any atom is 0.238 e. The molecule has 0 aliphatic carbocycles. The first-order valence-corrected chi connectivity index (χ1v) is 21.7. The van der Waals surface area contributed by atoms with E-state index in [0.717, 1.165) is 33.1 Å². The predicted molar refractivity (Wildman–Crippen MR) is 260 cm³/mol. The molecule has 0 aliphatic heterocycles. The Morgan fingerprint density at radius 2 is 0.855 bits per heavy atom. The molecule has 5 heteroatoms. The standard InChI is InChI=1S/C57H36N4S/c1-4-15-37(16-5-1)38-29-31-39(32-30-38)42-33-34-52-49(36-42)47-26-13-25-46(54(47)62-52)43-21-12-22-44(35-43)56-58-55(41-19-8-3-9-20-41)59-57(60-56)61-50-27-11-10-23-48(50)53-45(24-14-28-51(53)61)40-17-6-2-7-18-40/h1-36H. The summed E-state index contributed by atoms with van der Waals surface area (Å²) in [5.74, 6) is 1.82. The summed E-state index contributed by atoms with van der Waals surface area (Å²) in [7, 11) is 0. The molecule has 9 aromatic carbocycles. The van der Waals surface area contributed by atoms with E-state index < -0.39 is 0 Å². The summed E-state index contributed by atoms with van der Waals surface area (Å²) in [6.45, 7) is 0. The largest absolute Gasteiger partial charge is 0.278 e. The van der Waals surface area contributed by atoms with Gasteiger partial charge in [-0.2, -0.15) is 9.97 Å². The van der Waals surface area contributed by atoms with Gasteiger partial charge in [0.1, 0.15) is 0 Å². The van der Waals surface area contributed by atoms with Crippen LogP contribution in [0.4, 0.5) is 0 Å². The quantitative estimate of drug-likeness (QED) is 0.161. The smallest absolute Gasteiger partial charge is 0.238 e. The molecule has 290 valence electrons. The van der Waals surface area contributed by atoms with Crippen molar-refractivity contribution in [1.29, 1.82) is 0 Å². The zero-order valence-electron chi connectivity index (χ0n) is 33.5. The topological polar surface area (TPSA) is 43.6 Å². The molecule has 12 rings (SSSR count). The van der Waals surface area contributed by atoms with Crippen molar-refractivity contribution in [2.24, 2.45) is 0 Å². The van der Waals surface area contributed by atoms with Gasteiger partial charge in [0.15, 0.2) is 11.6 Å². The van der Waals surface area contributed by atoms with Crippen LogP contribution < -0.4 is 0 Å². The fourth-order valence-electron chi connectivity index (χ4n) is 8.92. The van der Waals surface area contributed by atoms with Crippen LogP contribution in [0.2, 0.25) is 0 Å². The molecule has 3 aromatic heterocycles. The third-order valence-corrected chi connectivity index (χ3v) is 13.1. The summed E-state index contributed by atoms with van der Waals surface area (Å²) in [5.41, 5.74) is 13.4. The van der Waals surface area contributed by atoms with Crippen LogP contribution in [0.3, 0.4) is 0 Å². The van der Waals surface area contributed by atoms with Crippen molar-refractivity contribution in [3.05, 3.63) is 218 Å². The Labute approximate surface area is 362 Å². The second-order valence-electron chi connectivity index (χ2n) is 15.6. The van der Waals surface area contributed by atoms with Gasteiger partial charge in [-0.15, -0.1) is 11.3 Å². The molecule has 0 atom stereocenters. The molecule has 0 N–H and O–H groups in total. The van der Waals surface area contributed by atoms with Crippen LogP contribution >= 0.6 is 11.3 Å². The Hall–Kier alpha value is -7.99. The lowest BCUT2D eigenvalue weighted by Gasteiger charge is -2.12. The number of benzene rings is 9. The first kappa shape index (κ1) is 35.9. The van der Waals surface area contributed by atoms with Gasteiger partial charge < -0.3 is 0 Å². The molecular weight excluding hydrogens is 773 g/mol. The number of hydrogen-bond acceptors (Lipinski definition) is 4. The normalized spacial score (nSPS) is 11.5. The van der Waals surface area contributed by atoms with Crippen LogP contribution in [-0.2, 0) is 0 Å². The number of thiophene rings is 1. The van der Waals surface area contributed by atoms with E-state index in [1.807, 2.05) is 29.5 Å². The molecule has 0 saturated heterocycles. The second kappa shape index (κ2) is 14.9. The number of nitrogens with zero attached hydrogens (tertiary/aromatic N) is 4. The first-order valence-electron chi connectivity index (χ1n) is 20.8. The Morgan fingerprint density at radius 1 is 0.323 bits per heavy atom. The van der Waals surface area contributed by atoms with Gasteiger partial charge in [0, 0.05) is 42.1 Å². The number of aromatic nitrogens is 4. The van der Waals surface area contributed by atoms with E-state index >= 15 is 0 Å². The van der Waals surface area contributed by atoms with E-state index in [-0.39, 0.29) is 0 Å². The van der Waals surface area contributed by atoms with Crippen LogP contribution in [0.5, 0.6) is 0 Å². The van der Waals surface area contributed by atoms with E-state index in [2.05, 4.69) is 205 Å². The average Bonchev–Trinajstić information content (AvgIpc) is 3.90. The molecule has 12 aromatic rings. The van der Waals surface area contributed by atoms with Crippen molar-refractivity contribution in [2.75, 3.05) is 0 Å². The Kier molecular flexibility index (Phi) is 8.65. The molecule has 4 nitrogen and oxygen atoms in total. The summed E-state index contributed by atoms with van der Waals surface area (Å²) in [6.07, 6.45) is 0. The van der Waals surface area contributed by atoms with Gasteiger partial charge in [0.2, 0.25) is 5.95 Å². The van der Waals surface area contributed by atoms with Crippen molar-refractivity contribution >= 4 is 53.3 Å². The van der Waals surface area contributed by atoms with Crippen LogP contribution in [0.15, 0.2) is 218 Å². The van der Waals surface area contributed by atoms with Gasteiger partial charge in [0.25, 0.3) is 0 Å². The second-order valence-corrected chi connectivity index (χ2v) is 16.6. The lowest BCUT2D eigenvalue weighted by molar-refractivity contribution is 0.953. The van der Waals surface area contributed by atoms with Gasteiger partial charge in [0.05, 0.1) is 11.0 Å². The van der Waals surface area contributed by atoms with Crippen molar-refractivity contribution in [1.82, 2.24) is 19.5 Å². The van der Waals surface area contributed by atoms with Crippen LogP contribution in [0.25, 0.3) is 115 Å². The molecule has 0 fully saturated rings. The molecular formula is C57H36N4S. The van der Waals surface area contributed by atoms with E-state index in [4.69, 9.17) is 15.0 Å². The van der Waals surface area contributed by atoms with Gasteiger partial charge in [-0.05, 0) is 74.8 Å². The number of fused-ring (bicyclic) bond motifs is 6. The molecule has 0 aliphatic rings. The Bertz CT molecular complexity index is 3610. The van der Waals surface area contributed by atoms with Gasteiger partial charge in [-0.25, -0.2) is 4.98 Å². The van der Waals surface area contributed by atoms with Gasteiger partial charge in [-0.3, -0.25) is 4.57 Å². The summed E-state index contributed by atoms with van der Waals surface area (Å²) in [5, 5.41) is 4.84. The molecule has 0 saturated carbocycles. The van der Waals surface area contributed by atoms with Crippen molar-refractivity contribution in [2.45, 2.75) is 0 Å². The Morgan fingerprint density at radius 3 is 1.63 bits per heavy atom. The molecule has 0 unspecified atom stereocenters. The van der Waals surface area contributed by atoms with Crippen LogP contribution in [0.1, 0.15) is 0 Å². The van der Waals surface area contributed by atoms with E-state index in [1.54, 1.807) is 0 Å². The van der Waals surface area contributed by atoms with E-state index in [9.17, 15) is 0 Å². The zero-order valence-corrected chi connectivity index (χ0v) is 34.3. The molecule has 3 heterocycles. The third kappa shape index (κ3) is 6.18. The lowest BCUT2D eigenvalue weighted by Crippen LogP contribution is -2.06. The predicted octanol–water partition coefficient (Wildman–Crippen LogP) is 15.3. The summed E-state index contributed by atoms with van der Waals surface area (Å²) in [6, 6.07) is 77.5. The minimum absolute atomic E-state index is 0.577. The van der Waals surface area contributed by atoms with Crippen molar-refractivity contribution in [3.8, 4) is 73.2 Å². The fourth-order valence-corrected chi connectivity index (χ4v) is 10.1. The fraction of sp³-hybridized carbons (Fsp3) is 0. The lowest BCUT2D eigenvalue weighted by atomic mass is 9.98. The summed E-state index contributed by atoms with van der Waals surface area (Å²) >= 11 is 1.85. The van der Waals surface area contributed by atoms with E-state index in [1.165, 1.54) is 64.5 Å². The minimum atomic E-state index is 0.577. The highest BCUT2D eigenvalue weighted by Gasteiger charge is 2.20. The van der Waals surface area contributed by atoms with Crippen molar-refractivity contribution < 1.29 is 0 Å². The summed E-state index contributed by atoms with van der Waals surface area (Å²) in [4.78, 5) is 15.7. The van der Waals surface area contributed by atoms with Crippen LogP contribution in [0, 0.1) is 0 Å². The monoisotopic (exact) mass is 808 g/mol. The molecule has 0 radical (unpaired) electrons. The van der Waals surface area contributed by atoms with E-state index in [0.29, 0.717) is 17.6 Å². The van der Waals surface area contributed by atoms with Crippen molar-refractivity contribution in [3.63, 3.8) is 0 Å². The minimum Gasteiger partial charge on any atom is -0.278 e. The summed E-state index contributed by atoms with van der Waals surface area (Å²) < 4.78 is 4.73.